The molecule has 0 spiro atoms. The molecule has 3 heterocycles. The summed E-state index contributed by atoms with van der Waals surface area (Å²) in [6, 6.07) is 15.8. The van der Waals surface area contributed by atoms with E-state index in [4.69, 9.17) is 4.98 Å². The van der Waals surface area contributed by atoms with Crippen LogP contribution in [0.25, 0.3) is 16.9 Å². The number of hydrogen-bond donors (Lipinski definition) is 1. The Hall–Kier alpha value is -2.92. The molecular weight excluding hydrogens is 330 g/mol. The van der Waals surface area contributed by atoms with E-state index in [9.17, 15) is 4.79 Å². The molecule has 5 heteroatoms. The Bertz CT molecular complexity index is 1040. The van der Waals surface area contributed by atoms with Crippen LogP contribution in [0.15, 0.2) is 60.1 Å². The summed E-state index contributed by atoms with van der Waals surface area (Å²) < 4.78 is 1.92. The van der Waals surface area contributed by atoms with Crippen molar-refractivity contribution < 1.29 is 4.79 Å². The lowest BCUT2D eigenvalue weighted by atomic mass is 10.1. The first-order valence-electron chi connectivity index (χ1n) is 8.02. The number of rotatable bonds is 3. The first-order valence-corrected chi connectivity index (χ1v) is 8.90. The van der Waals surface area contributed by atoms with Gasteiger partial charge in [-0.1, -0.05) is 29.3 Å². The molecule has 0 fully saturated rings. The number of carbonyl (C=O) groups excluding carboxylic acids is 1. The monoisotopic (exact) mass is 347 g/mol. The van der Waals surface area contributed by atoms with Gasteiger partial charge in [0, 0.05) is 11.8 Å². The second-order valence-corrected chi connectivity index (χ2v) is 6.99. The molecule has 1 N–H and O–H groups in total. The van der Waals surface area contributed by atoms with Crippen molar-refractivity contribution >= 4 is 28.7 Å². The molecule has 0 radical (unpaired) electrons. The molecule has 4 nitrogen and oxygen atoms in total. The van der Waals surface area contributed by atoms with Gasteiger partial charge in [-0.25, -0.2) is 4.98 Å². The lowest BCUT2D eigenvalue weighted by molar-refractivity contribution is 0.103. The highest BCUT2D eigenvalue weighted by Crippen LogP contribution is 2.30. The van der Waals surface area contributed by atoms with E-state index in [0.29, 0.717) is 10.7 Å². The number of fused-ring (bicyclic) bond motifs is 1. The maximum absolute atomic E-state index is 12.6. The normalized spacial score (nSPS) is 11.0. The van der Waals surface area contributed by atoms with Crippen LogP contribution < -0.4 is 5.32 Å². The summed E-state index contributed by atoms with van der Waals surface area (Å²) in [6.45, 7) is 4.13. The predicted octanol–water partition coefficient (Wildman–Crippen LogP) is 4.93. The van der Waals surface area contributed by atoms with Crippen LogP contribution in [0.4, 0.5) is 5.82 Å². The third-order valence-electron chi connectivity index (χ3n) is 4.00. The fourth-order valence-electron chi connectivity index (χ4n) is 3.00. The Balaban J connectivity index is 1.87. The number of nitrogens with zero attached hydrogens (tertiary/aromatic N) is 2. The Labute approximate surface area is 149 Å². The molecule has 4 rings (SSSR count). The average molecular weight is 347 g/mol. The lowest BCUT2D eigenvalue weighted by Crippen LogP contribution is -2.12. The van der Waals surface area contributed by atoms with E-state index < -0.39 is 0 Å². The number of benzene rings is 1. The molecule has 0 saturated heterocycles. The highest BCUT2D eigenvalue weighted by atomic mass is 32.1. The van der Waals surface area contributed by atoms with E-state index in [0.717, 1.165) is 16.9 Å². The number of aryl methyl sites for hydroxylation is 2. The summed E-state index contributed by atoms with van der Waals surface area (Å²) in [5.41, 5.74) is 4.92. The third kappa shape index (κ3) is 2.94. The van der Waals surface area contributed by atoms with Gasteiger partial charge in [-0.3, -0.25) is 9.20 Å². The average Bonchev–Trinajstić information content (AvgIpc) is 3.22. The summed E-state index contributed by atoms with van der Waals surface area (Å²) in [5.74, 6) is 0.574. The Morgan fingerprint density at radius 1 is 1.08 bits per heavy atom. The molecule has 1 aromatic carbocycles. The van der Waals surface area contributed by atoms with Crippen molar-refractivity contribution in [1.82, 2.24) is 9.38 Å². The third-order valence-corrected chi connectivity index (χ3v) is 4.87. The van der Waals surface area contributed by atoms with Crippen molar-refractivity contribution in [3.8, 4) is 11.3 Å². The predicted molar refractivity (Wildman–Crippen MR) is 102 cm³/mol. The molecule has 1 amide bonds. The number of anilines is 1. The van der Waals surface area contributed by atoms with E-state index >= 15 is 0 Å². The zero-order valence-corrected chi connectivity index (χ0v) is 14.8. The molecule has 0 aliphatic carbocycles. The van der Waals surface area contributed by atoms with Gasteiger partial charge in [-0.05, 0) is 49.6 Å². The molecular formula is C20H17N3OS. The molecule has 0 atom stereocenters. The Kier molecular flexibility index (Phi) is 3.86. The second-order valence-electron chi connectivity index (χ2n) is 6.05. The summed E-state index contributed by atoms with van der Waals surface area (Å²) in [7, 11) is 0. The van der Waals surface area contributed by atoms with Crippen LogP contribution in [0.2, 0.25) is 0 Å². The highest BCUT2D eigenvalue weighted by Gasteiger charge is 2.18. The zero-order chi connectivity index (χ0) is 17.4. The van der Waals surface area contributed by atoms with Crippen LogP contribution in [0.3, 0.4) is 0 Å². The quantitative estimate of drug-likeness (QED) is 0.571. The molecule has 0 bridgehead atoms. The van der Waals surface area contributed by atoms with Gasteiger partial charge < -0.3 is 5.32 Å². The standard InChI is InChI=1S/C20H17N3OS/c1-13-10-14(2)12-15(11-13)18-19(22-20(24)16-6-5-9-25-16)23-8-4-3-7-17(23)21-18/h3-12H,1-2H3,(H,22,24). The number of hydrogen-bond acceptors (Lipinski definition) is 3. The number of pyridine rings is 1. The van der Waals surface area contributed by atoms with Gasteiger partial charge in [0.25, 0.3) is 5.91 Å². The largest absolute Gasteiger partial charge is 0.305 e. The molecule has 0 aliphatic heterocycles. The maximum atomic E-state index is 12.6. The minimum Gasteiger partial charge on any atom is -0.305 e. The zero-order valence-electron chi connectivity index (χ0n) is 14.0. The molecule has 0 aliphatic rings. The number of amides is 1. The van der Waals surface area contributed by atoms with Gasteiger partial charge in [-0.2, -0.15) is 0 Å². The fraction of sp³-hybridized carbons (Fsp3) is 0.100. The number of carbonyl (C=O) groups is 1. The Morgan fingerprint density at radius 2 is 1.88 bits per heavy atom. The van der Waals surface area contributed by atoms with Crippen molar-refractivity contribution in [3.63, 3.8) is 0 Å². The van der Waals surface area contributed by atoms with Gasteiger partial charge in [0.1, 0.15) is 17.2 Å². The summed E-state index contributed by atoms with van der Waals surface area (Å²) in [6.07, 6.45) is 1.92. The Morgan fingerprint density at radius 3 is 2.60 bits per heavy atom. The molecule has 3 aromatic heterocycles. The van der Waals surface area contributed by atoms with E-state index in [1.165, 1.54) is 22.5 Å². The topological polar surface area (TPSA) is 46.4 Å². The van der Waals surface area contributed by atoms with Crippen LogP contribution in [0.5, 0.6) is 0 Å². The van der Waals surface area contributed by atoms with Crippen molar-refractivity contribution in [2.24, 2.45) is 0 Å². The molecule has 0 unspecified atom stereocenters. The van der Waals surface area contributed by atoms with E-state index in [1.807, 2.05) is 46.3 Å². The number of imidazole rings is 1. The fourth-order valence-corrected chi connectivity index (χ4v) is 3.62. The number of thiophene rings is 1. The van der Waals surface area contributed by atoms with E-state index in [1.54, 1.807) is 0 Å². The first-order chi connectivity index (χ1) is 12.1. The number of aromatic nitrogens is 2. The summed E-state index contributed by atoms with van der Waals surface area (Å²) in [5, 5.41) is 4.94. The minimum absolute atomic E-state index is 0.119. The van der Waals surface area contributed by atoms with Gasteiger partial charge in [0.15, 0.2) is 0 Å². The molecule has 25 heavy (non-hydrogen) atoms. The molecule has 4 aromatic rings. The summed E-state index contributed by atoms with van der Waals surface area (Å²) in [4.78, 5) is 18.0. The van der Waals surface area contributed by atoms with Crippen molar-refractivity contribution in [2.45, 2.75) is 13.8 Å². The highest BCUT2D eigenvalue weighted by molar-refractivity contribution is 7.12. The first kappa shape index (κ1) is 15.6. The van der Waals surface area contributed by atoms with Crippen LogP contribution in [-0.2, 0) is 0 Å². The van der Waals surface area contributed by atoms with E-state index in [-0.39, 0.29) is 5.91 Å². The van der Waals surface area contributed by atoms with Gasteiger partial charge in [0.2, 0.25) is 0 Å². The van der Waals surface area contributed by atoms with Crippen molar-refractivity contribution in [2.75, 3.05) is 5.32 Å². The molecule has 124 valence electrons. The van der Waals surface area contributed by atoms with Crippen LogP contribution in [0, 0.1) is 13.8 Å². The van der Waals surface area contributed by atoms with Crippen LogP contribution in [-0.4, -0.2) is 15.3 Å². The van der Waals surface area contributed by atoms with Gasteiger partial charge >= 0.3 is 0 Å². The van der Waals surface area contributed by atoms with Crippen molar-refractivity contribution in [1.29, 1.82) is 0 Å². The van der Waals surface area contributed by atoms with E-state index in [2.05, 4.69) is 37.4 Å². The lowest BCUT2D eigenvalue weighted by Gasteiger charge is -2.08. The second kappa shape index (κ2) is 6.18. The minimum atomic E-state index is -0.119. The van der Waals surface area contributed by atoms with Crippen LogP contribution >= 0.6 is 11.3 Å². The van der Waals surface area contributed by atoms with Crippen molar-refractivity contribution in [3.05, 3.63) is 76.1 Å². The SMILES string of the molecule is Cc1cc(C)cc(-c2nc3ccccn3c2NC(=O)c2cccs2)c1. The molecule has 0 saturated carbocycles. The van der Waals surface area contributed by atoms with Gasteiger partial charge in [0.05, 0.1) is 4.88 Å². The maximum Gasteiger partial charge on any atom is 0.266 e. The smallest absolute Gasteiger partial charge is 0.266 e. The van der Waals surface area contributed by atoms with Gasteiger partial charge in [-0.15, -0.1) is 11.3 Å². The number of nitrogens with one attached hydrogen (secondary N) is 1. The van der Waals surface area contributed by atoms with Crippen LogP contribution in [0.1, 0.15) is 20.8 Å². The summed E-state index contributed by atoms with van der Waals surface area (Å²) >= 11 is 1.42.